The number of fused-ring (bicyclic) bond motifs is 3. The van der Waals surface area contributed by atoms with Gasteiger partial charge in [0.25, 0.3) is 0 Å². The molecule has 0 unspecified atom stereocenters. The van der Waals surface area contributed by atoms with Gasteiger partial charge >= 0.3 is 0 Å². The summed E-state index contributed by atoms with van der Waals surface area (Å²) in [6.45, 7) is 0. The number of halogens is 1. The molecule has 0 radical (unpaired) electrons. The normalized spacial score (nSPS) is 11.2. The molecule has 4 rings (SSSR count). The minimum atomic E-state index is -0.552. The number of para-hydroxylation sites is 1. The van der Waals surface area contributed by atoms with E-state index in [4.69, 9.17) is 0 Å². The van der Waals surface area contributed by atoms with Crippen LogP contribution in [0.25, 0.3) is 27.9 Å². The third kappa shape index (κ3) is 1.62. The lowest BCUT2D eigenvalue weighted by Crippen LogP contribution is -1.91. The molecule has 0 spiro atoms. The molecule has 20 heavy (non-hydrogen) atoms. The van der Waals surface area contributed by atoms with Gasteiger partial charge in [0.15, 0.2) is 11.5 Å². The Morgan fingerprint density at radius 2 is 1.95 bits per heavy atom. The van der Waals surface area contributed by atoms with Gasteiger partial charge in [-0.15, -0.1) is 5.10 Å². The highest BCUT2D eigenvalue weighted by Gasteiger charge is 2.10. The van der Waals surface area contributed by atoms with Crippen LogP contribution in [0.4, 0.5) is 4.39 Å². The summed E-state index contributed by atoms with van der Waals surface area (Å²) >= 11 is 0. The van der Waals surface area contributed by atoms with Gasteiger partial charge in [-0.05, 0) is 18.2 Å². The second kappa shape index (κ2) is 4.06. The molecule has 3 heterocycles. The Kier molecular flexibility index (Phi) is 2.23. The first-order valence-electron chi connectivity index (χ1n) is 6.03. The average Bonchev–Trinajstić information content (AvgIpc) is 2.92. The van der Waals surface area contributed by atoms with Crippen LogP contribution in [0.5, 0.6) is 0 Å². The summed E-state index contributed by atoms with van der Waals surface area (Å²) in [7, 11) is 0. The molecule has 0 aliphatic carbocycles. The fourth-order valence-corrected chi connectivity index (χ4v) is 2.14. The van der Waals surface area contributed by atoms with Gasteiger partial charge in [-0.1, -0.05) is 12.1 Å². The quantitative estimate of drug-likeness (QED) is 0.496. The van der Waals surface area contributed by atoms with Crippen molar-refractivity contribution in [3.05, 3.63) is 54.9 Å². The number of pyridine rings is 1. The van der Waals surface area contributed by atoms with Gasteiger partial charge in [0, 0.05) is 23.2 Å². The Bertz CT molecular complexity index is 931. The molecule has 0 fully saturated rings. The van der Waals surface area contributed by atoms with Crippen molar-refractivity contribution >= 4 is 16.6 Å². The summed E-state index contributed by atoms with van der Waals surface area (Å²) in [5.41, 5.74) is 2.13. The number of aromatic nitrogens is 5. The smallest absolute Gasteiger partial charge is 0.213 e. The molecule has 0 saturated heterocycles. The summed E-state index contributed by atoms with van der Waals surface area (Å²) in [4.78, 5) is 12.3. The minimum absolute atomic E-state index is 0.449. The van der Waals surface area contributed by atoms with E-state index >= 15 is 0 Å². The second-order valence-corrected chi connectivity index (χ2v) is 4.33. The van der Waals surface area contributed by atoms with Gasteiger partial charge in [-0.25, -0.2) is 19.5 Å². The van der Waals surface area contributed by atoms with E-state index in [0.29, 0.717) is 17.0 Å². The van der Waals surface area contributed by atoms with Crippen molar-refractivity contribution in [2.45, 2.75) is 0 Å². The predicted octanol–water partition coefficient (Wildman–Crippen LogP) is 2.48. The fourth-order valence-electron chi connectivity index (χ4n) is 2.14. The molecule has 6 heteroatoms. The second-order valence-electron chi connectivity index (χ2n) is 4.33. The van der Waals surface area contributed by atoms with E-state index < -0.39 is 5.95 Å². The lowest BCUT2D eigenvalue weighted by atomic mass is 10.2. The highest BCUT2D eigenvalue weighted by atomic mass is 19.1. The molecule has 0 atom stereocenters. The van der Waals surface area contributed by atoms with Crippen LogP contribution in [0, 0.1) is 5.95 Å². The van der Waals surface area contributed by atoms with Crippen LogP contribution in [-0.2, 0) is 0 Å². The van der Waals surface area contributed by atoms with Crippen molar-refractivity contribution in [1.82, 2.24) is 24.6 Å². The largest absolute Gasteiger partial charge is 0.236 e. The number of hydrogen-bond donors (Lipinski definition) is 0. The van der Waals surface area contributed by atoms with Gasteiger partial charge in [0.2, 0.25) is 5.95 Å². The molecule has 0 saturated carbocycles. The van der Waals surface area contributed by atoms with E-state index in [1.54, 1.807) is 16.9 Å². The molecule has 0 aliphatic rings. The molecule has 5 nitrogen and oxygen atoms in total. The highest BCUT2D eigenvalue weighted by Crippen LogP contribution is 2.20. The molecular weight excluding hydrogens is 257 g/mol. The van der Waals surface area contributed by atoms with Crippen LogP contribution in [0.15, 0.2) is 48.9 Å². The maximum absolute atomic E-state index is 13.2. The van der Waals surface area contributed by atoms with Crippen molar-refractivity contribution in [2.75, 3.05) is 0 Å². The summed E-state index contributed by atoms with van der Waals surface area (Å²) in [6.07, 6.45) is 3.00. The Morgan fingerprint density at radius 3 is 2.85 bits per heavy atom. The third-order valence-electron chi connectivity index (χ3n) is 3.07. The standard InChI is InChI=1S/C14H8FN5/c15-12-7-9(5-6-16-12)13-18-14-10-3-1-2-4-11(10)17-8-20(14)19-13/h1-8H. The van der Waals surface area contributed by atoms with Gasteiger partial charge in [0.1, 0.15) is 6.33 Å². The SMILES string of the molecule is Fc1cc(-c2nc3c4ccccc4ncn3n2)ccn1. The third-order valence-corrected chi connectivity index (χ3v) is 3.07. The maximum atomic E-state index is 13.2. The van der Waals surface area contributed by atoms with E-state index in [9.17, 15) is 4.39 Å². The van der Waals surface area contributed by atoms with Gasteiger partial charge < -0.3 is 0 Å². The molecule has 4 aromatic rings. The van der Waals surface area contributed by atoms with Crippen LogP contribution in [-0.4, -0.2) is 24.6 Å². The first kappa shape index (κ1) is 11.0. The highest BCUT2D eigenvalue weighted by molar-refractivity contribution is 5.91. The Morgan fingerprint density at radius 1 is 1.05 bits per heavy atom. The van der Waals surface area contributed by atoms with Gasteiger partial charge in [-0.3, -0.25) is 0 Å². The molecule has 96 valence electrons. The van der Waals surface area contributed by atoms with E-state index in [1.165, 1.54) is 12.3 Å². The zero-order valence-corrected chi connectivity index (χ0v) is 10.2. The maximum Gasteiger partial charge on any atom is 0.213 e. The Hall–Kier alpha value is -2.89. The Balaban J connectivity index is 2.01. The molecule has 0 amide bonds. The van der Waals surface area contributed by atoms with E-state index in [2.05, 4.69) is 20.1 Å². The first-order chi connectivity index (χ1) is 9.81. The van der Waals surface area contributed by atoms with E-state index in [1.807, 2.05) is 24.3 Å². The van der Waals surface area contributed by atoms with E-state index in [-0.39, 0.29) is 0 Å². The zero-order valence-electron chi connectivity index (χ0n) is 10.2. The summed E-state index contributed by atoms with van der Waals surface area (Å²) in [6, 6.07) is 10.7. The van der Waals surface area contributed by atoms with Crippen molar-refractivity contribution < 1.29 is 4.39 Å². The van der Waals surface area contributed by atoms with E-state index in [0.717, 1.165) is 10.9 Å². The summed E-state index contributed by atoms with van der Waals surface area (Å²) in [5, 5.41) is 5.23. The summed E-state index contributed by atoms with van der Waals surface area (Å²) in [5.74, 6) is -0.103. The van der Waals surface area contributed by atoms with Crippen LogP contribution < -0.4 is 0 Å². The van der Waals surface area contributed by atoms with Crippen LogP contribution >= 0.6 is 0 Å². The number of nitrogens with zero attached hydrogens (tertiary/aromatic N) is 5. The Labute approximate surface area is 112 Å². The van der Waals surface area contributed by atoms with Crippen molar-refractivity contribution in [3.63, 3.8) is 0 Å². The van der Waals surface area contributed by atoms with Crippen LogP contribution in [0.3, 0.4) is 0 Å². The lowest BCUT2D eigenvalue weighted by molar-refractivity contribution is 0.584. The first-order valence-corrected chi connectivity index (χ1v) is 6.03. The lowest BCUT2D eigenvalue weighted by Gasteiger charge is -1.96. The monoisotopic (exact) mass is 265 g/mol. The van der Waals surface area contributed by atoms with Crippen molar-refractivity contribution in [1.29, 1.82) is 0 Å². The molecule has 0 N–H and O–H groups in total. The molecular formula is C14H8FN5. The van der Waals surface area contributed by atoms with Crippen LogP contribution in [0.1, 0.15) is 0 Å². The number of benzene rings is 1. The minimum Gasteiger partial charge on any atom is -0.236 e. The number of hydrogen-bond acceptors (Lipinski definition) is 4. The van der Waals surface area contributed by atoms with Gasteiger partial charge in [-0.2, -0.15) is 4.39 Å². The molecule has 0 bridgehead atoms. The van der Waals surface area contributed by atoms with Crippen molar-refractivity contribution in [3.8, 4) is 11.4 Å². The van der Waals surface area contributed by atoms with Gasteiger partial charge in [0.05, 0.1) is 5.52 Å². The molecule has 1 aromatic carbocycles. The number of rotatable bonds is 1. The fraction of sp³-hybridized carbons (Fsp3) is 0. The average molecular weight is 265 g/mol. The summed E-state index contributed by atoms with van der Waals surface area (Å²) < 4.78 is 14.8. The predicted molar refractivity (Wildman–Crippen MR) is 71.5 cm³/mol. The molecule has 0 aliphatic heterocycles. The van der Waals surface area contributed by atoms with Crippen LogP contribution in [0.2, 0.25) is 0 Å². The molecule has 3 aromatic heterocycles. The zero-order chi connectivity index (χ0) is 13.5. The van der Waals surface area contributed by atoms with Crippen molar-refractivity contribution in [2.24, 2.45) is 0 Å². The topological polar surface area (TPSA) is 56.0 Å².